The van der Waals surface area contributed by atoms with E-state index in [0.29, 0.717) is 0 Å². The van der Waals surface area contributed by atoms with E-state index >= 15 is 0 Å². The smallest absolute Gasteiger partial charge is 0.00266 e. The zero-order valence-corrected chi connectivity index (χ0v) is 29.6. The van der Waals surface area contributed by atoms with Crippen LogP contribution in [0.4, 0.5) is 0 Å². The van der Waals surface area contributed by atoms with Crippen molar-refractivity contribution in [2.24, 2.45) is 0 Å². The van der Waals surface area contributed by atoms with Crippen LogP contribution in [0.5, 0.6) is 0 Å². The molecule has 0 fully saturated rings. The van der Waals surface area contributed by atoms with Crippen LogP contribution in [0.1, 0.15) is 0 Å². The van der Waals surface area contributed by atoms with Gasteiger partial charge in [-0.2, -0.15) is 0 Å². The van der Waals surface area contributed by atoms with Gasteiger partial charge in [-0.05, 0) is 121 Å². The van der Waals surface area contributed by atoms with E-state index in [9.17, 15) is 0 Å². The van der Waals surface area contributed by atoms with Crippen LogP contribution in [0.15, 0.2) is 206 Å². The summed E-state index contributed by atoms with van der Waals surface area (Å²) >= 11 is 0. The molecule has 11 aromatic carbocycles. The predicted molar refractivity (Wildman–Crippen MR) is 233 cm³/mol. The molecule has 0 nitrogen and oxygen atoms in total. The molecule has 0 radical (unpaired) electrons. The first-order valence-electron chi connectivity index (χ1n) is 18.8. The second-order valence-electron chi connectivity index (χ2n) is 14.4. The Morgan fingerprint density at radius 2 is 0.556 bits per heavy atom. The summed E-state index contributed by atoms with van der Waals surface area (Å²) in [6.07, 6.45) is 0. The van der Waals surface area contributed by atoms with Crippen LogP contribution in [0.25, 0.3) is 109 Å². The van der Waals surface area contributed by atoms with Crippen LogP contribution >= 0.6 is 0 Å². The first-order chi connectivity index (χ1) is 26.8. The summed E-state index contributed by atoms with van der Waals surface area (Å²) in [5.74, 6) is 0. The second kappa shape index (κ2) is 12.3. The van der Waals surface area contributed by atoms with E-state index in [2.05, 4.69) is 206 Å². The summed E-state index contributed by atoms with van der Waals surface area (Å²) in [6.45, 7) is 0. The van der Waals surface area contributed by atoms with Crippen molar-refractivity contribution in [2.45, 2.75) is 0 Å². The van der Waals surface area contributed by atoms with E-state index in [0.717, 1.165) is 0 Å². The summed E-state index contributed by atoms with van der Waals surface area (Å²) in [6, 6.07) is 76.0. The normalized spacial score (nSPS) is 11.7. The molecule has 0 aliphatic carbocycles. The number of hydrogen-bond acceptors (Lipinski definition) is 0. The number of rotatable bonds is 4. The molecule has 0 unspecified atom stereocenters. The molecule has 0 saturated heterocycles. The summed E-state index contributed by atoms with van der Waals surface area (Å²) < 4.78 is 0. The highest BCUT2D eigenvalue weighted by molar-refractivity contribution is 6.23. The standard InChI is InChI=1S/C54H34/c1-3-13-37(14-4-1)53-43-19-9-7-17-39(43)33-51-45-23-11-21-41(47(45)29-31-49(51)53)35-25-27-36(28-26-35)42-22-12-24-46-48(42)30-32-50-52(46)34-40-18-8-10-20-44(40)54(50)38-15-5-2-6-16-38/h1-34H. The van der Waals surface area contributed by atoms with Crippen molar-refractivity contribution in [1.82, 2.24) is 0 Å². The number of benzene rings is 11. The van der Waals surface area contributed by atoms with Gasteiger partial charge in [0.05, 0.1) is 0 Å². The van der Waals surface area contributed by atoms with E-state index < -0.39 is 0 Å². The van der Waals surface area contributed by atoms with Crippen molar-refractivity contribution < 1.29 is 0 Å². The van der Waals surface area contributed by atoms with Gasteiger partial charge in [0.25, 0.3) is 0 Å². The van der Waals surface area contributed by atoms with Gasteiger partial charge in [0.2, 0.25) is 0 Å². The van der Waals surface area contributed by atoms with Crippen molar-refractivity contribution in [3.05, 3.63) is 206 Å². The molecular weight excluding hydrogens is 649 g/mol. The minimum Gasteiger partial charge on any atom is -0.0622 e. The van der Waals surface area contributed by atoms with Crippen LogP contribution in [0.3, 0.4) is 0 Å². The molecule has 0 aliphatic rings. The third kappa shape index (κ3) is 4.78. The first-order valence-corrected chi connectivity index (χ1v) is 18.8. The van der Waals surface area contributed by atoms with Crippen molar-refractivity contribution in [3.63, 3.8) is 0 Å². The Labute approximate surface area is 314 Å². The van der Waals surface area contributed by atoms with Crippen molar-refractivity contribution in [3.8, 4) is 44.5 Å². The SMILES string of the molecule is c1ccc(-c2c3ccccc3cc3c2ccc2c(-c4ccc(-c5cccc6c5ccc5c(-c7ccccc7)c7ccccc7cc56)cc4)cccc23)cc1. The van der Waals surface area contributed by atoms with Crippen molar-refractivity contribution in [2.75, 3.05) is 0 Å². The van der Waals surface area contributed by atoms with Crippen LogP contribution in [-0.2, 0) is 0 Å². The molecule has 0 spiro atoms. The van der Waals surface area contributed by atoms with Gasteiger partial charge in [-0.15, -0.1) is 0 Å². The van der Waals surface area contributed by atoms with Gasteiger partial charge in [0.15, 0.2) is 0 Å². The van der Waals surface area contributed by atoms with Gasteiger partial charge in [0.1, 0.15) is 0 Å². The van der Waals surface area contributed by atoms with Crippen LogP contribution in [0, 0.1) is 0 Å². The van der Waals surface area contributed by atoms with Crippen LogP contribution in [-0.4, -0.2) is 0 Å². The zero-order valence-electron chi connectivity index (χ0n) is 29.6. The number of hydrogen-bond donors (Lipinski definition) is 0. The molecule has 0 atom stereocenters. The molecule has 250 valence electrons. The Balaban J connectivity index is 1.05. The second-order valence-corrected chi connectivity index (χ2v) is 14.4. The van der Waals surface area contributed by atoms with Crippen LogP contribution in [0.2, 0.25) is 0 Å². The fraction of sp³-hybridized carbons (Fsp3) is 0. The lowest BCUT2D eigenvalue weighted by molar-refractivity contribution is 1.63. The minimum atomic E-state index is 1.22. The molecule has 0 aliphatic heterocycles. The Morgan fingerprint density at radius 3 is 1.00 bits per heavy atom. The zero-order chi connectivity index (χ0) is 35.6. The van der Waals surface area contributed by atoms with Crippen molar-refractivity contribution in [1.29, 1.82) is 0 Å². The summed E-state index contributed by atoms with van der Waals surface area (Å²) in [5, 5.41) is 15.3. The molecule has 11 aromatic rings. The van der Waals surface area contributed by atoms with E-state index in [1.807, 2.05) is 0 Å². The van der Waals surface area contributed by atoms with Gasteiger partial charge in [-0.1, -0.05) is 194 Å². The highest BCUT2D eigenvalue weighted by atomic mass is 14.2. The maximum absolute atomic E-state index is 2.38. The Kier molecular flexibility index (Phi) is 6.97. The van der Waals surface area contributed by atoms with Gasteiger partial charge in [0, 0.05) is 0 Å². The Hall–Kier alpha value is -7.02. The molecule has 0 amide bonds. The molecule has 0 heteroatoms. The Bertz CT molecular complexity index is 3010. The largest absolute Gasteiger partial charge is 0.0622 e. The third-order valence-corrected chi connectivity index (χ3v) is 11.4. The maximum atomic E-state index is 2.38. The van der Waals surface area contributed by atoms with E-state index in [-0.39, 0.29) is 0 Å². The number of fused-ring (bicyclic) bond motifs is 8. The lowest BCUT2D eigenvalue weighted by atomic mass is 9.87. The van der Waals surface area contributed by atoms with Crippen molar-refractivity contribution >= 4 is 64.6 Å². The highest BCUT2D eigenvalue weighted by Crippen LogP contribution is 2.43. The minimum absolute atomic E-state index is 1.22. The molecule has 0 aromatic heterocycles. The quantitative estimate of drug-likeness (QED) is 0.128. The molecular formula is C54H34. The summed E-state index contributed by atoms with van der Waals surface area (Å²) in [7, 11) is 0. The van der Waals surface area contributed by atoms with E-state index in [1.165, 1.54) is 109 Å². The fourth-order valence-electron chi connectivity index (χ4n) is 8.98. The van der Waals surface area contributed by atoms with E-state index in [4.69, 9.17) is 0 Å². The molecule has 11 rings (SSSR count). The summed E-state index contributed by atoms with van der Waals surface area (Å²) in [4.78, 5) is 0. The molecule has 0 heterocycles. The maximum Gasteiger partial charge on any atom is -0.00266 e. The van der Waals surface area contributed by atoms with Gasteiger partial charge >= 0.3 is 0 Å². The summed E-state index contributed by atoms with van der Waals surface area (Å²) in [5.41, 5.74) is 10.0. The average Bonchev–Trinajstić information content (AvgIpc) is 3.25. The fourth-order valence-corrected chi connectivity index (χ4v) is 8.98. The molecule has 0 N–H and O–H groups in total. The topological polar surface area (TPSA) is 0 Å². The predicted octanol–water partition coefficient (Wildman–Crippen LogP) is 15.3. The van der Waals surface area contributed by atoms with E-state index in [1.54, 1.807) is 0 Å². The van der Waals surface area contributed by atoms with Crippen LogP contribution < -0.4 is 0 Å². The lowest BCUT2D eigenvalue weighted by Gasteiger charge is -2.16. The Morgan fingerprint density at radius 1 is 0.185 bits per heavy atom. The lowest BCUT2D eigenvalue weighted by Crippen LogP contribution is -1.89. The molecule has 0 saturated carbocycles. The van der Waals surface area contributed by atoms with Gasteiger partial charge in [-0.3, -0.25) is 0 Å². The first kappa shape index (κ1) is 30.6. The van der Waals surface area contributed by atoms with Gasteiger partial charge in [-0.25, -0.2) is 0 Å². The average molecular weight is 683 g/mol. The highest BCUT2D eigenvalue weighted by Gasteiger charge is 2.16. The third-order valence-electron chi connectivity index (χ3n) is 11.4. The molecule has 0 bridgehead atoms. The monoisotopic (exact) mass is 682 g/mol. The van der Waals surface area contributed by atoms with Gasteiger partial charge < -0.3 is 0 Å². The molecule has 54 heavy (non-hydrogen) atoms.